The molecule has 6 rings (SSSR count). The lowest BCUT2D eigenvalue weighted by Gasteiger charge is -2.17. The molecule has 0 aliphatic rings. The van der Waals surface area contributed by atoms with Crippen molar-refractivity contribution in [3.63, 3.8) is 0 Å². The number of nitrogens with one attached hydrogen (secondary N) is 3. The molecule has 0 aliphatic carbocycles. The number of thiazole rings is 1. The van der Waals surface area contributed by atoms with Gasteiger partial charge in [0.1, 0.15) is 16.7 Å². The predicted octanol–water partition coefficient (Wildman–Crippen LogP) is 8.72. The number of nitrogens with zero attached hydrogens (tertiary/aromatic N) is 1. The summed E-state index contributed by atoms with van der Waals surface area (Å²) >= 11 is 2.67. The number of carbonyl (C=O) groups is 3. The Morgan fingerprint density at radius 3 is 2.19 bits per heavy atom. The topological polar surface area (TPSA) is 128 Å². The fourth-order valence-corrected chi connectivity index (χ4v) is 7.21. The summed E-state index contributed by atoms with van der Waals surface area (Å²) in [6.45, 7) is 0. The van der Waals surface area contributed by atoms with Crippen LogP contribution in [0.15, 0.2) is 143 Å². The van der Waals surface area contributed by atoms with Crippen LogP contribution in [-0.4, -0.2) is 44.0 Å². The van der Waals surface area contributed by atoms with Crippen molar-refractivity contribution < 1.29 is 28.6 Å². The van der Waals surface area contributed by atoms with Gasteiger partial charge < -0.3 is 30.2 Å². The highest BCUT2D eigenvalue weighted by Gasteiger charge is 2.24. The Kier molecular flexibility index (Phi) is 12.4. The number of para-hydroxylation sites is 1. The SMILES string of the molecule is COc1ccc(-c2csc(NC(=O)C(Sc3cccc(NC(=O)/C(=C\c4cccc(OC)c4OC)NC(=O)c4ccccc4)c3)c3ccccc3)n2)cc1. The zero-order chi connectivity index (χ0) is 37.9. The van der Waals surface area contributed by atoms with Gasteiger partial charge >= 0.3 is 0 Å². The summed E-state index contributed by atoms with van der Waals surface area (Å²) in [5.41, 5.74) is 3.78. The normalized spacial score (nSPS) is 11.6. The van der Waals surface area contributed by atoms with E-state index in [1.165, 1.54) is 43.4 Å². The minimum Gasteiger partial charge on any atom is -0.497 e. The van der Waals surface area contributed by atoms with E-state index in [2.05, 4.69) is 20.9 Å². The van der Waals surface area contributed by atoms with E-state index in [0.717, 1.165) is 27.5 Å². The Balaban J connectivity index is 1.23. The lowest BCUT2D eigenvalue weighted by molar-refractivity contribution is -0.116. The summed E-state index contributed by atoms with van der Waals surface area (Å²) in [6.07, 6.45) is 1.53. The monoisotopic (exact) mass is 756 g/mol. The summed E-state index contributed by atoms with van der Waals surface area (Å²) in [6, 6.07) is 38.0. The van der Waals surface area contributed by atoms with E-state index in [1.807, 2.05) is 66.0 Å². The summed E-state index contributed by atoms with van der Waals surface area (Å²) in [7, 11) is 4.64. The van der Waals surface area contributed by atoms with E-state index in [-0.39, 0.29) is 11.6 Å². The van der Waals surface area contributed by atoms with Gasteiger partial charge in [0.25, 0.3) is 11.8 Å². The minimum absolute atomic E-state index is 0.0209. The smallest absolute Gasteiger partial charge is 0.272 e. The molecule has 3 amide bonds. The lowest BCUT2D eigenvalue weighted by Crippen LogP contribution is -2.30. The molecule has 0 saturated carbocycles. The fourth-order valence-electron chi connectivity index (χ4n) is 5.40. The number of anilines is 2. The van der Waals surface area contributed by atoms with Crippen LogP contribution in [0.25, 0.3) is 17.3 Å². The minimum atomic E-state index is -0.647. The van der Waals surface area contributed by atoms with Crippen molar-refractivity contribution in [3.05, 3.63) is 155 Å². The van der Waals surface area contributed by atoms with E-state index >= 15 is 0 Å². The maximum Gasteiger partial charge on any atom is 0.272 e. The van der Waals surface area contributed by atoms with Crippen LogP contribution in [0.1, 0.15) is 26.7 Å². The largest absolute Gasteiger partial charge is 0.497 e. The van der Waals surface area contributed by atoms with Gasteiger partial charge in [0.2, 0.25) is 5.91 Å². The molecular formula is C42H36N4O6S2. The average Bonchev–Trinajstić information content (AvgIpc) is 3.68. The highest BCUT2D eigenvalue weighted by atomic mass is 32.2. The van der Waals surface area contributed by atoms with Gasteiger partial charge in [-0.1, -0.05) is 66.7 Å². The molecule has 0 radical (unpaired) electrons. The number of hydrogen-bond acceptors (Lipinski definition) is 9. The number of benzene rings is 5. The molecule has 54 heavy (non-hydrogen) atoms. The van der Waals surface area contributed by atoms with E-state index in [0.29, 0.717) is 33.4 Å². The van der Waals surface area contributed by atoms with Crippen molar-refractivity contribution in [1.29, 1.82) is 0 Å². The number of aromatic nitrogens is 1. The first kappa shape index (κ1) is 37.4. The Morgan fingerprint density at radius 2 is 1.48 bits per heavy atom. The van der Waals surface area contributed by atoms with E-state index in [9.17, 15) is 14.4 Å². The number of hydrogen-bond donors (Lipinski definition) is 3. The van der Waals surface area contributed by atoms with Crippen LogP contribution in [0.4, 0.5) is 10.8 Å². The molecule has 0 bridgehead atoms. The molecule has 12 heteroatoms. The molecule has 3 N–H and O–H groups in total. The molecule has 1 atom stereocenters. The van der Waals surface area contributed by atoms with Crippen LogP contribution in [0, 0.1) is 0 Å². The summed E-state index contributed by atoms with van der Waals surface area (Å²) in [4.78, 5) is 46.4. The highest BCUT2D eigenvalue weighted by molar-refractivity contribution is 8.00. The van der Waals surface area contributed by atoms with E-state index < -0.39 is 17.1 Å². The van der Waals surface area contributed by atoms with Gasteiger partial charge in [-0.25, -0.2) is 4.98 Å². The average molecular weight is 757 g/mol. The van der Waals surface area contributed by atoms with Crippen LogP contribution in [-0.2, 0) is 9.59 Å². The third-order valence-electron chi connectivity index (χ3n) is 8.07. The second-order valence-corrected chi connectivity index (χ2v) is 13.6. The zero-order valence-corrected chi connectivity index (χ0v) is 31.2. The van der Waals surface area contributed by atoms with Crippen molar-refractivity contribution in [2.45, 2.75) is 10.1 Å². The van der Waals surface area contributed by atoms with Crippen LogP contribution < -0.4 is 30.2 Å². The van der Waals surface area contributed by atoms with Gasteiger partial charge in [0.05, 0.1) is 27.0 Å². The Labute approximate surface area is 321 Å². The third-order valence-corrected chi connectivity index (χ3v) is 10.1. The third kappa shape index (κ3) is 9.34. The summed E-state index contributed by atoms with van der Waals surface area (Å²) in [5, 5.41) is 10.4. The maximum atomic E-state index is 13.9. The molecule has 6 aromatic rings. The number of carbonyl (C=O) groups excluding carboxylic acids is 3. The molecule has 272 valence electrons. The quantitative estimate of drug-likeness (QED) is 0.0744. The highest BCUT2D eigenvalue weighted by Crippen LogP contribution is 2.38. The number of rotatable bonds is 14. The molecule has 5 aromatic carbocycles. The Bertz CT molecular complexity index is 2260. The van der Waals surface area contributed by atoms with Gasteiger partial charge in [0.15, 0.2) is 16.6 Å². The van der Waals surface area contributed by atoms with Crippen LogP contribution in [0.3, 0.4) is 0 Å². The number of amides is 3. The van der Waals surface area contributed by atoms with Crippen LogP contribution in [0.2, 0.25) is 0 Å². The Hall–Kier alpha value is -6.37. The number of ether oxygens (including phenoxy) is 3. The van der Waals surface area contributed by atoms with Gasteiger partial charge in [0, 0.05) is 32.7 Å². The maximum absolute atomic E-state index is 13.9. The lowest BCUT2D eigenvalue weighted by atomic mass is 10.1. The van der Waals surface area contributed by atoms with Crippen molar-refractivity contribution >= 4 is 57.7 Å². The molecule has 10 nitrogen and oxygen atoms in total. The van der Waals surface area contributed by atoms with Crippen molar-refractivity contribution in [3.8, 4) is 28.5 Å². The molecule has 1 heterocycles. The van der Waals surface area contributed by atoms with Crippen LogP contribution >= 0.6 is 23.1 Å². The molecular weight excluding hydrogens is 721 g/mol. The molecule has 0 spiro atoms. The van der Waals surface area contributed by atoms with Gasteiger partial charge in [-0.05, 0) is 72.3 Å². The first-order valence-corrected chi connectivity index (χ1v) is 18.4. The number of thioether (sulfide) groups is 1. The standard InChI is InChI=1S/C42H36N4O6S2/c1-50-32-22-20-27(21-23-32)35-26-53-42(45-35)46-41(49)38(28-12-6-4-7-13-28)54-33-18-11-17-31(25-33)43-40(48)34(44-39(47)29-14-8-5-9-15-29)24-30-16-10-19-36(51-2)37(30)52-3/h4-26,38H,1-3H3,(H,43,48)(H,44,47)(H,45,46,49)/b34-24+. The second-order valence-electron chi connectivity index (χ2n) is 11.6. The number of methoxy groups -OCH3 is 3. The summed E-state index contributed by atoms with van der Waals surface area (Å²) < 4.78 is 16.3. The first-order valence-electron chi connectivity index (χ1n) is 16.7. The summed E-state index contributed by atoms with van der Waals surface area (Å²) in [5.74, 6) is 0.329. The zero-order valence-electron chi connectivity index (χ0n) is 29.6. The van der Waals surface area contributed by atoms with Gasteiger partial charge in [-0.15, -0.1) is 23.1 Å². The molecule has 1 aromatic heterocycles. The van der Waals surface area contributed by atoms with Crippen molar-refractivity contribution in [1.82, 2.24) is 10.3 Å². The fraction of sp³-hybridized carbons (Fsp3) is 0.0952. The van der Waals surface area contributed by atoms with E-state index in [1.54, 1.807) is 73.8 Å². The molecule has 0 fully saturated rings. The van der Waals surface area contributed by atoms with Crippen molar-refractivity contribution in [2.75, 3.05) is 32.0 Å². The van der Waals surface area contributed by atoms with Crippen LogP contribution in [0.5, 0.6) is 17.2 Å². The van der Waals surface area contributed by atoms with E-state index in [4.69, 9.17) is 14.2 Å². The predicted molar refractivity (Wildman–Crippen MR) is 214 cm³/mol. The molecule has 0 saturated heterocycles. The Morgan fingerprint density at radius 1 is 0.759 bits per heavy atom. The molecule has 1 unspecified atom stereocenters. The van der Waals surface area contributed by atoms with Gasteiger partial charge in [-0.3, -0.25) is 14.4 Å². The van der Waals surface area contributed by atoms with Crippen molar-refractivity contribution in [2.24, 2.45) is 0 Å². The van der Waals surface area contributed by atoms with Gasteiger partial charge in [-0.2, -0.15) is 0 Å². The molecule has 0 aliphatic heterocycles. The second kappa shape index (κ2) is 17.9. The first-order chi connectivity index (χ1) is 26.3.